The third-order valence-corrected chi connectivity index (χ3v) is 3.92. The summed E-state index contributed by atoms with van der Waals surface area (Å²) in [5, 5.41) is 2.47. The van der Waals surface area contributed by atoms with Gasteiger partial charge in [-0.15, -0.1) is 0 Å². The van der Waals surface area contributed by atoms with Gasteiger partial charge < -0.3 is 5.32 Å². The Morgan fingerprint density at radius 1 is 1.42 bits per heavy atom. The van der Waals surface area contributed by atoms with Crippen LogP contribution in [-0.2, 0) is 14.6 Å². The van der Waals surface area contributed by atoms with Crippen molar-refractivity contribution in [3.05, 3.63) is 0 Å². The fourth-order valence-electron chi connectivity index (χ4n) is 0.468. The summed E-state index contributed by atoms with van der Waals surface area (Å²) in [7, 11) is -3.11. The first-order chi connectivity index (χ1) is 5.17. The number of sulfone groups is 1. The highest BCUT2D eigenvalue weighted by Crippen LogP contribution is 2.12. The van der Waals surface area contributed by atoms with Gasteiger partial charge in [0.2, 0.25) is 5.91 Å². The lowest BCUT2D eigenvalue weighted by atomic mass is 10.2. The Balaban J connectivity index is 4.35. The molecule has 4 nitrogen and oxygen atoms in total. The van der Waals surface area contributed by atoms with Crippen LogP contribution < -0.4 is 5.32 Å². The van der Waals surface area contributed by atoms with E-state index in [1.54, 1.807) is 13.8 Å². The molecule has 0 aromatic rings. The quantitative estimate of drug-likeness (QED) is 0.683. The predicted molar refractivity (Wildman–Crippen MR) is 47.6 cm³/mol. The van der Waals surface area contributed by atoms with E-state index in [2.05, 4.69) is 5.32 Å². The molecule has 0 aliphatic heterocycles. The van der Waals surface area contributed by atoms with Gasteiger partial charge in [0, 0.05) is 19.7 Å². The van der Waals surface area contributed by atoms with Gasteiger partial charge in [-0.3, -0.25) is 4.79 Å². The van der Waals surface area contributed by atoms with E-state index in [4.69, 9.17) is 0 Å². The predicted octanol–water partition coefficient (Wildman–Crippen LogP) is -0.0543. The van der Waals surface area contributed by atoms with Crippen molar-refractivity contribution in [2.75, 3.05) is 12.8 Å². The Kier molecular flexibility index (Phi) is 3.26. The molecule has 0 aromatic heterocycles. The topological polar surface area (TPSA) is 63.2 Å². The van der Waals surface area contributed by atoms with Crippen LogP contribution in [0.15, 0.2) is 0 Å². The van der Waals surface area contributed by atoms with Gasteiger partial charge in [0.05, 0.1) is 4.75 Å². The maximum Gasteiger partial charge on any atom is 0.216 e. The highest BCUT2D eigenvalue weighted by Gasteiger charge is 2.29. The summed E-state index contributed by atoms with van der Waals surface area (Å²) in [5.41, 5.74) is 0. The van der Waals surface area contributed by atoms with Crippen molar-refractivity contribution in [1.82, 2.24) is 5.32 Å². The number of carbonyl (C=O) groups excluding carboxylic acids is 1. The molecule has 0 bridgehead atoms. The highest BCUT2D eigenvalue weighted by atomic mass is 32.2. The third kappa shape index (κ3) is 3.21. The number of rotatable bonds is 3. The Hall–Kier alpha value is -0.580. The molecule has 0 spiro atoms. The van der Waals surface area contributed by atoms with Gasteiger partial charge in [0.25, 0.3) is 0 Å². The second-order valence-corrected chi connectivity index (χ2v) is 6.09. The summed E-state index contributed by atoms with van der Waals surface area (Å²) < 4.78 is 21.3. The number of amides is 1. The molecule has 0 fully saturated rings. The average Bonchev–Trinajstić information content (AvgIpc) is 1.81. The smallest absolute Gasteiger partial charge is 0.216 e. The van der Waals surface area contributed by atoms with Crippen LogP contribution in [-0.4, -0.2) is 31.9 Å². The number of carbonyl (C=O) groups is 1. The van der Waals surface area contributed by atoms with Crippen LogP contribution in [0.25, 0.3) is 0 Å². The van der Waals surface area contributed by atoms with Gasteiger partial charge in [-0.05, 0) is 13.8 Å². The van der Waals surface area contributed by atoms with Crippen molar-refractivity contribution in [3.8, 4) is 0 Å². The van der Waals surface area contributed by atoms with Crippen molar-refractivity contribution in [1.29, 1.82) is 0 Å². The minimum Gasteiger partial charge on any atom is -0.355 e. The molecule has 1 amide bonds. The summed E-state index contributed by atoms with van der Waals surface area (Å²) in [4.78, 5) is 10.5. The monoisotopic (exact) mass is 193 g/mol. The molecule has 72 valence electrons. The van der Waals surface area contributed by atoms with Crippen molar-refractivity contribution < 1.29 is 13.2 Å². The fraction of sp³-hybridized carbons (Fsp3) is 0.857. The van der Waals surface area contributed by atoms with E-state index in [-0.39, 0.29) is 12.5 Å². The van der Waals surface area contributed by atoms with Gasteiger partial charge in [-0.1, -0.05) is 0 Å². The molecule has 0 radical (unpaired) electrons. The molecule has 5 heteroatoms. The van der Waals surface area contributed by atoms with Crippen LogP contribution in [0.5, 0.6) is 0 Å². The van der Waals surface area contributed by atoms with Crippen molar-refractivity contribution in [3.63, 3.8) is 0 Å². The molecule has 12 heavy (non-hydrogen) atoms. The van der Waals surface area contributed by atoms with Crippen molar-refractivity contribution >= 4 is 15.7 Å². The Morgan fingerprint density at radius 2 is 1.83 bits per heavy atom. The second kappa shape index (κ2) is 3.43. The molecule has 0 saturated carbocycles. The van der Waals surface area contributed by atoms with Gasteiger partial charge in [-0.25, -0.2) is 8.42 Å². The van der Waals surface area contributed by atoms with E-state index >= 15 is 0 Å². The number of hydrogen-bond acceptors (Lipinski definition) is 3. The van der Waals surface area contributed by atoms with E-state index in [0.29, 0.717) is 0 Å². The second-order valence-electron chi connectivity index (χ2n) is 3.44. The lowest BCUT2D eigenvalue weighted by Crippen LogP contribution is -2.43. The molecule has 0 saturated heterocycles. The molecule has 0 aliphatic rings. The summed E-state index contributed by atoms with van der Waals surface area (Å²) in [5.74, 6) is -0.216. The standard InChI is InChI=1S/C7H15NO3S/c1-6(9)8-5-7(2,3)12(4,10)11/h5H2,1-4H3,(H,8,9). The summed E-state index contributed by atoms with van der Waals surface area (Å²) in [6.45, 7) is 4.68. The van der Waals surface area contributed by atoms with Gasteiger partial charge in [0.15, 0.2) is 9.84 Å². The van der Waals surface area contributed by atoms with Gasteiger partial charge in [-0.2, -0.15) is 0 Å². The normalized spacial score (nSPS) is 12.7. The van der Waals surface area contributed by atoms with Gasteiger partial charge >= 0.3 is 0 Å². The molecule has 0 unspecified atom stereocenters. The minimum absolute atomic E-state index is 0.154. The van der Waals surface area contributed by atoms with Crippen LogP contribution in [0.4, 0.5) is 0 Å². The van der Waals surface area contributed by atoms with Crippen LogP contribution in [0, 0.1) is 0 Å². The zero-order chi connectivity index (χ0) is 9.99. The van der Waals surface area contributed by atoms with Crippen LogP contribution >= 0.6 is 0 Å². The van der Waals surface area contributed by atoms with Crippen molar-refractivity contribution in [2.24, 2.45) is 0 Å². The molecule has 0 aliphatic carbocycles. The lowest BCUT2D eigenvalue weighted by Gasteiger charge is -2.22. The summed E-state index contributed by atoms with van der Waals surface area (Å²) in [6, 6.07) is 0. The first kappa shape index (κ1) is 11.4. The molecule has 0 atom stereocenters. The maximum absolute atomic E-state index is 11.1. The van der Waals surface area contributed by atoms with E-state index in [9.17, 15) is 13.2 Å². The average molecular weight is 193 g/mol. The first-order valence-corrected chi connectivity index (χ1v) is 5.50. The fourth-order valence-corrected chi connectivity index (χ4v) is 0.803. The highest BCUT2D eigenvalue weighted by molar-refractivity contribution is 7.92. The Morgan fingerprint density at radius 3 is 2.08 bits per heavy atom. The summed E-state index contributed by atoms with van der Waals surface area (Å²) >= 11 is 0. The van der Waals surface area contributed by atoms with E-state index in [0.717, 1.165) is 6.26 Å². The number of nitrogens with one attached hydrogen (secondary N) is 1. The zero-order valence-corrected chi connectivity index (χ0v) is 8.66. The summed E-state index contributed by atoms with van der Waals surface area (Å²) in [6.07, 6.45) is 1.16. The number of hydrogen-bond donors (Lipinski definition) is 1. The van der Waals surface area contributed by atoms with E-state index in [1.807, 2.05) is 0 Å². The van der Waals surface area contributed by atoms with Gasteiger partial charge in [0.1, 0.15) is 0 Å². The third-order valence-electron chi connectivity index (χ3n) is 1.77. The minimum atomic E-state index is -3.11. The molecular weight excluding hydrogens is 178 g/mol. The molecule has 1 N–H and O–H groups in total. The van der Waals surface area contributed by atoms with Crippen LogP contribution in [0.1, 0.15) is 20.8 Å². The van der Waals surface area contributed by atoms with Crippen LogP contribution in [0.3, 0.4) is 0 Å². The molecule has 0 rings (SSSR count). The van der Waals surface area contributed by atoms with Crippen molar-refractivity contribution in [2.45, 2.75) is 25.5 Å². The maximum atomic E-state index is 11.1. The Labute approximate surface area is 73.3 Å². The molecular formula is C7H15NO3S. The Bertz CT molecular complexity index is 266. The molecule has 0 heterocycles. The zero-order valence-electron chi connectivity index (χ0n) is 7.84. The first-order valence-electron chi connectivity index (χ1n) is 3.61. The van der Waals surface area contributed by atoms with E-state index in [1.165, 1.54) is 6.92 Å². The van der Waals surface area contributed by atoms with Crippen LogP contribution in [0.2, 0.25) is 0 Å². The lowest BCUT2D eigenvalue weighted by molar-refractivity contribution is -0.119. The SMILES string of the molecule is CC(=O)NCC(C)(C)S(C)(=O)=O. The largest absolute Gasteiger partial charge is 0.355 e. The van der Waals surface area contributed by atoms with E-state index < -0.39 is 14.6 Å². The molecule has 0 aromatic carbocycles.